The van der Waals surface area contributed by atoms with Crippen LogP contribution in [0.15, 0.2) is 15.7 Å². The first-order chi connectivity index (χ1) is 7.86. The molecule has 0 aliphatic heterocycles. The van der Waals surface area contributed by atoms with Gasteiger partial charge in [-0.25, -0.2) is 13.2 Å². The minimum atomic E-state index is -3.90. The van der Waals surface area contributed by atoms with Gasteiger partial charge in [-0.05, 0) is 6.07 Å². The highest BCUT2D eigenvalue weighted by molar-refractivity contribution is 7.91. The number of hydrogen-bond acceptors (Lipinski definition) is 6. The molecule has 0 atom stereocenters. The Morgan fingerprint density at radius 1 is 1.53 bits per heavy atom. The van der Waals surface area contributed by atoms with Gasteiger partial charge in [0, 0.05) is 5.38 Å². The van der Waals surface area contributed by atoms with Crippen molar-refractivity contribution in [2.75, 3.05) is 13.7 Å². The maximum atomic E-state index is 11.5. The molecule has 0 aromatic carbocycles. The zero-order chi connectivity index (χ0) is 13.1. The van der Waals surface area contributed by atoms with Crippen molar-refractivity contribution in [1.82, 2.24) is 4.72 Å². The molecule has 0 unspecified atom stereocenters. The molecular formula is C8H9NO6S2. The number of sulfonamides is 1. The van der Waals surface area contributed by atoms with Crippen molar-refractivity contribution in [3.8, 4) is 0 Å². The Hall–Kier alpha value is -1.45. The van der Waals surface area contributed by atoms with Crippen LogP contribution in [-0.4, -0.2) is 39.1 Å². The smallest absolute Gasteiger partial charge is 0.338 e. The summed E-state index contributed by atoms with van der Waals surface area (Å²) >= 11 is 0.808. The van der Waals surface area contributed by atoms with Gasteiger partial charge in [-0.15, -0.1) is 11.3 Å². The molecule has 0 bridgehead atoms. The van der Waals surface area contributed by atoms with Crippen LogP contribution < -0.4 is 4.72 Å². The first-order valence-electron chi connectivity index (χ1n) is 4.25. The first kappa shape index (κ1) is 13.6. The maximum absolute atomic E-state index is 11.5. The fourth-order valence-electron chi connectivity index (χ4n) is 0.910. The lowest BCUT2D eigenvalue weighted by atomic mass is 10.3. The van der Waals surface area contributed by atoms with Gasteiger partial charge in [0.2, 0.25) is 0 Å². The number of carbonyl (C=O) groups excluding carboxylic acids is 1. The number of aliphatic carboxylic acids is 1. The number of methoxy groups -OCH3 is 1. The molecule has 1 rings (SSSR count). The van der Waals surface area contributed by atoms with Crippen molar-refractivity contribution in [1.29, 1.82) is 0 Å². The molecule has 0 saturated heterocycles. The number of thiophene rings is 1. The maximum Gasteiger partial charge on any atom is 0.338 e. The zero-order valence-electron chi connectivity index (χ0n) is 8.67. The summed E-state index contributed by atoms with van der Waals surface area (Å²) in [6, 6.07) is 1.13. The van der Waals surface area contributed by atoms with E-state index in [1.807, 2.05) is 4.72 Å². The van der Waals surface area contributed by atoms with Gasteiger partial charge in [0.15, 0.2) is 0 Å². The first-order valence-corrected chi connectivity index (χ1v) is 6.61. The van der Waals surface area contributed by atoms with Gasteiger partial charge in [0.25, 0.3) is 10.0 Å². The van der Waals surface area contributed by atoms with Crippen molar-refractivity contribution in [2.24, 2.45) is 0 Å². The summed E-state index contributed by atoms with van der Waals surface area (Å²) in [6.07, 6.45) is 0. The molecule has 0 radical (unpaired) electrons. The molecule has 9 heteroatoms. The summed E-state index contributed by atoms with van der Waals surface area (Å²) in [6.45, 7) is -0.714. The predicted octanol–water partition coefficient (Wildman–Crippen LogP) is -0.102. The summed E-state index contributed by atoms with van der Waals surface area (Å²) in [5.74, 6) is -1.95. The number of carboxylic acid groups (broad SMARTS) is 1. The fourth-order valence-corrected chi connectivity index (χ4v) is 3.08. The number of nitrogens with one attached hydrogen (secondary N) is 1. The minimum absolute atomic E-state index is 0.105. The van der Waals surface area contributed by atoms with E-state index < -0.39 is 28.5 Å². The average molecular weight is 279 g/mol. The molecule has 1 heterocycles. The van der Waals surface area contributed by atoms with Crippen LogP contribution >= 0.6 is 11.3 Å². The Labute approximate surface area is 101 Å². The molecule has 0 aliphatic rings. The lowest BCUT2D eigenvalue weighted by molar-refractivity contribution is -0.135. The van der Waals surface area contributed by atoms with Gasteiger partial charge >= 0.3 is 11.9 Å². The number of esters is 1. The molecule has 0 amide bonds. The van der Waals surface area contributed by atoms with Gasteiger partial charge in [0.05, 0.1) is 12.7 Å². The molecule has 7 nitrogen and oxygen atoms in total. The standard InChI is InChI=1S/C8H9NO6S2/c1-15-8(12)5-2-7(16-4-5)17(13,14)9-3-6(10)11/h2,4,9H,3H2,1H3,(H,10,11). The summed E-state index contributed by atoms with van der Waals surface area (Å²) in [7, 11) is -2.72. The number of rotatable bonds is 5. The van der Waals surface area contributed by atoms with Crippen LogP contribution in [0.4, 0.5) is 0 Å². The quantitative estimate of drug-likeness (QED) is 0.728. The van der Waals surface area contributed by atoms with Crippen LogP contribution in [0.2, 0.25) is 0 Å². The molecule has 2 N–H and O–H groups in total. The summed E-state index contributed by atoms with van der Waals surface area (Å²) in [4.78, 5) is 21.3. The van der Waals surface area contributed by atoms with E-state index in [0.717, 1.165) is 17.4 Å². The van der Waals surface area contributed by atoms with Crippen molar-refractivity contribution < 1.29 is 27.9 Å². The Morgan fingerprint density at radius 2 is 2.18 bits per heavy atom. The van der Waals surface area contributed by atoms with E-state index in [9.17, 15) is 18.0 Å². The highest BCUT2D eigenvalue weighted by atomic mass is 32.2. The highest BCUT2D eigenvalue weighted by Gasteiger charge is 2.19. The summed E-state index contributed by atoms with van der Waals surface area (Å²) in [5.41, 5.74) is 0.105. The van der Waals surface area contributed by atoms with E-state index in [0.29, 0.717) is 0 Å². The number of carbonyl (C=O) groups is 2. The molecule has 1 aromatic heterocycles. The van der Waals surface area contributed by atoms with Crippen LogP contribution in [0.3, 0.4) is 0 Å². The molecule has 0 saturated carbocycles. The third kappa shape index (κ3) is 3.51. The summed E-state index contributed by atoms with van der Waals surface area (Å²) < 4.78 is 29.2. The van der Waals surface area contributed by atoms with Crippen molar-refractivity contribution in [3.63, 3.8) is 0 Å². The Bertz CT molecular complexity index is 532. The fraction of sp³-hybridized carbons (Fsp3) is 0.250. The zero-order valence-corrected chi connectivity index (χ0v) is 10.3. The third-order valence-electron chi connectivity index (χ3n) is 1.67. The van der Waals surface area contributed by atoms with E-state index in [1.54, 1.807) is 0 Å². The van der Waals surface area contributed by atoms with Crippen LogP contribution in [0, 0.1) is 0 Å². The number of ether oxygens (including phenoxy) is 1. The monoisotopic (exact) mass is 279 g/mol. The van der Waals surface area contributed by atoms with Crippen LogP contribution in [0.1, 0.15) is 10.4 Å². The van der Waals surface area contributed by atoms with Gasteiger partial charge < -0.3 is 9.84 Å². The van der Waals surface area contributed by atoms with E-state index in [4.69, 9.17) is 5.11 Å². The van der Waals surface area contributed by atoms with Gasteiger partial charge in [0.1, 0.15) is 10.8 Å². The molecule has 0 aliphatic carbocycles. The van der Waals surface area contributed by atoms with Crippen LogP contribution in [-0.2, 0) is 19.6 Å². The van der Waals surface area contributed by atoms with Crippen molar-refractivity contribution in [2.45, 2.75) is 4.21 Å². The minimum Gasteiger partial charge on any atom is -0.480 e. The molecule has 17 heavy (non-hydrogen) atoms. The van der Waals surface area contributed by atoms with Crippen LogP contribution in [0.5, 0.6) is 0 Å². The second-order valence-electron chi connectivity index (χ2n) is 2.86. The molecule has 1 aromatic rings. The molecule has 94 valence electrons. The van der Waals surface area contributed by atoms with Crippen molar-refractivity contribution >= 4 is 33.3 Å². The normalized spacial score (nSPS) is 11.1. The third-order valence-corrected chi connectivity index (χ3v) is 4.52. The van der Waals surface area contributed by atoms with E-state index >= 15 is 0 Å². The number of carboxylic acids is 1. The second kappa shape index (κ2) is 5.25. The summed E-state index contributed by atoms with van der Waals surface area (Å²) in [5, 5.41) is 9.68. The highest BCUT2D eigenvalue weighted by Crippen LogP contribution is 2.20. The Kier molecular flexibility index (Phi) is 4.21. The molecule has 0 fully saturated rings. The van der Waals surface area contributed by atoms with E-state index in [1.165, 1.54) is 12.5 Å². The van der Waals surface area contributed by atoms with E-state index in [-0.39, 0.29) is 9.77 Å². The lowest BCUT2D eigenvalue weighted by Gasteiger charge is -2.00. The van der Waals surface area contributed by atoms with Gasteiger partial charge in [-0.2, -0.15) is 4.72 Å². The second-order valence-corrected chi connectivity index (χ2v) is 5.77. The lowest BCUT2D eigenvalue weighted by Crippen LogP contribution is -2.28. The molecular weight excluding hydrogens is 270 g/mol. The largest absolute Gasteiger partial charge is 0.480 e. The van der Waals surface area contributed by atoms with Gasteiger partial charge in [-0.1, -0.05) is 0 Å². The van der Waals surface area contributed by atoms with E-state index in [2.05, 4.69) is 4.74 Å². The van der Waals surface area contributed by atoms with Crippen LogP contribution in [0.25, 0.3) is 0 Å². The topological polar surface area (TPSA) is 110 Å². The van der Waals surface area contributed by atoms with Crippen molar-refractivity contribution in [3.05, 3.63) is 17.0 Å². The number of hydrogen-bond donors (Lipinski definition) is 2. The Balaban J connectivity index is 2.89. The van der Waals surface area contributed by atoms with Gasteiger partial charge in [-0.3, -0.25) is 4.79 Å². The SMILES string of the molecule is COC(=O)c1csc(S(=O)(=O)NCC(=O)O)c1. The molecule has 0 spiro atoms. The Morgan fingerprint density at radius 3 is 2.71 bits per heavy atom. The predicted molar refractivity (Wildman–Crippen MR) is 58.5 cm³/mol. The average Bonchev–Trinajstić information content (AvgIpc) is 2.75.